The number of carbonyl (C=O) groups is 1. The molecule has 0 unspecified atom stereocenters. The molecule has 1 heterocycles. The SMILES string of the molecule is O=C(O)C1(c2ccccc2-c2nc3ccccc3s2)CC1. The minimum absolute atomic E-state index is 0.700. The Kier molecular flexibility index (Phi) is 2.62. The van der Waals surface area contributed by atoms with Gasteiger partial charge in [-0.25, -0.2) is 4.98 Å². The first-order valence-corrected chi connectivity index (χ1v) is 7.71. The molecule has 2 aromatic carbocycles. The van der Waals surface area contributed by atoms with Crippen LogP contribution in [0.15, 0.2) is 48.5 Å². The molecule has 4 rings (SSSR count). The van der Waals surface area contributed by atoms with E-state index < -0.39 is 11.4 Å². The first-order chi connectivity index (χ1) is 10.2. The number of aliphatic carboxylic acids is 1. The Balaban J connectivity index is 1.91. The fourth-order valence-electron chi connectivity index (χ4n) is 2.80. The van der Waals surface area contributed by atoms with E-state index in [0.717, 1.165) is 26.4 Å². The molecule has 0 aliphatic heterocycles. The molecule has 4 heteroatoms. The van der Waals surface area contributed by atoms with Gasteiger partial charge in [0.05, 0.1) is 15.6 Å². The van der Waals surface area contributed by atoms with Gasteiger partial charge in [-0.2, -0.15) is 0 Å². The molecule has 1 fully saturated rings. The van der Waals surface area contributed by atoms with Crippen molar-refractivity contribution in [2.75, 3.05) is 0 Å². The van der Waals surface area contributed by atoms with Crippen molar-refractivity contribution in [3.05, 3.63) is 54.1 Å². The number of nitrogens with zero attached hydrogens (tertiary/aromatic N) is 1. The summed E-state index contributed by atoms with van der Waals surface area (Å²) in [5.74, 6) is -0.726. The zero-order chi connectivity index (χ0) is 14.4. The van der Waals surface area contributed by atoms with E-state index >= 15 is 0 Å². The molecular weight excluding hydrogens is 282 g/mol. The highest BCUT2D eigenvalue weighted by molar-refractivity contribution is 7.21. The Morgan fingerprint density at radius 2 is 1.81 bits per heavy atom. The van der Waals surface area contributed by atoms with Gasteiger partial charge in [0.2, 0.25) is 0 Å². The largest absolute Gasteiger partial charge is 0.481 e. The van der Waals surface area contributed by atoms with Crippen LogP contribution in [0, 0.1) is 0 Å². The van der Waals surface area contributed by atoms with E-state index in [4.69, 9.17) is 0 Å². The van der Waals surface area contributed by atoms with Crippen molar-refractivity contribution in [2.24, 2.45) is 0 Å². The van der Waals surface area contributed by atoms with E-state index in [1.165, 1.54) is 0 Å². The Hall–Kier alpha value is -2.20. The lowest BCUT2D eigenvalue weighted by atomic mass is 9.91. The van der Waals surface area contributed by atoms with Crippen molar-refractivity contribution in [3.8, 4) is 10.6 Å². The zero-order valence-corrected chi connectivity index (χ0v) is 12.1. The molecule has 0 spiro atoms. The molecular formula is C17H13NO2S. The van der Waals surface area contributed by atoms with Gasteiger partial charge in [0.1, 0.15) is 5.01 Å². The van der Waals surface area contributed by atoms with Crippen molar-refractivity contribution in [3.63, 3.8) is 0 Å². The summed E-state index contributed by atoms with van der Waals surface area (Å²) < 4.78 is 1.13. The summed E-state index contributed by atoms with van der Waals surface area (Å²) in [5.41, 5.74) is 2.12. The highest BCUT2D eigenvalue weighted by atomic mass is 32.1. The third kappa shape index (κ3) is 1.87. The van der Waals surface area contributed by atoms with Crippen LogP contribution in [0.2, 0.25) is 0 Å². The second-order valence-electron chi connectivity index (χ2n) is 5.42. The van der Waals surface area contributed by atoms with E-state index in [1.54, 1.807) is 11.3 Å². The monoisotopic (exact) mass is 295 g/mol. The molecule has 0 atom stereocenters. The van der Waals surface area contributed by atoms with Crippen LogP contribution in [-0.2, 0) is 10.2 Å². The Morgan fingerprint density at radius 1 is 1.10 bits per heavy atom. The second-order valence-corrected chi connectivity index (χ2v) is 6.45. The highest BCUT2D eigenvalue weighted by Crippen LogP contribution is 2.51. The highest BCUT2D eigenvalue weighted by Gasteiger charge is 2.52. The number of carboxylic acid groups (broad SMARTS) is 1. The number of carboxylic acids is 1. The third-order valence-electron chi connectivity index (χ3n) is 4.13. The summed E-state index contributed by atoms with van der Waals surface area (Å²) >= 11 is 1.62. The standard InChI is InChI=1S/C17H13NO2S/c19-16(20)17(9-10-17)12-6-2-1-5-11(12)15-18-13-7-3-4-8-14(13)21-15/h1-8H,9-10H2,(H,19,20). The minimum Gasteiger partial charge on any atom is -0.481 e. The summed E-state index contributed by atoms with van der Waals surface area (Å²) in [6.45, 7) is 0. The number of benzene rings is 2. The molecule has 0 radical (unpaired) electrons. The lowest BCUT2D eigenvalue weighted by Gasteiger charge is -2.13. The van der Waals surface area contributed by atoms with Gasteiger partial charge in [-0.1, -0.05) is 36.4 Å². The van der Waals surface area contributed by atoms with Crippen LogP contribution in [0.5, 0.6) is 0 Å². The van der Waals surface area contributed by atoms with Gasteiger partial charge < -0.3 is 5.11 Å². The van der Waals surface area contributed by atoms with Gasteiger partial charge in [0.25, 0.3) is 0 Å². The van der Waals surface area contributed by atoms with Gasteiger partial charge in [0.15, 0.2) is 0 Å². The first-order valence-electron chi connectivity index (χ1n) is 6.90. The predicted octanol–water partition coefficient (Wildman–Crippen LogP) is 4.08. The maximum absolute atomic E-state index is 11.6. The third-order valence-corrected chi connectivity index (χ3v) is 5.20. The van der Waals surface area contributed by atoms with Crippen molar-refractivity contribution in [2.45, 2.75) is 18.3 Å². The number of aromatic nitrogens is 1. The quantitative estimate of drug-likeness (QED) is 0.792. The predicted molar refractivity (Wildman–Crippen MR) is 83.6 cm³/mol. The number of hydrogen-bond donors (Lipinski definition) is 1. The number of hydrogen-bond acceptors (Lipinski definition) is 3. The molecule has 1 saturated carbocycles. The molecule has 1 aliphatic rings. The minimum atomic E-state index is -0.726. The van der Waals surface area contributed by atoms with Gasteiger partial charge in [0, 0.05) is 5.56 Å². The summed E-state index contributed by atoms with van der Waals surface area (Å²) in [7, 11) is 0. The Morgan fingerprint density at radius 3 is 2.52 bits per heavy atom. The Bertz CT molecular complexity index is 816. The normalized spacial score (nSPS) is 16.0. The molecule has 3 nitrogen and oxygen atoms in total. The van der Waals surface area contributed by atoms with Crippen LogP contribution in [0.25, 0.3) is 20.8 Å². The number of rotatable bonds is 3. The zero-order valence-electron chi connectivity index (χ0n) is 11.2. The topological polar surface area (TPSA) is 50.2 Å². The Labute approximate surface area is 125 Å². The molecule has 1 N–H and O–H groups in total. The van der Waals surface area contributed by atoms with Crippen molar-refractivity contribution < 1.29 is 9.90 Å². The van der Waals surface area contributed by atoms with Gasteiger partial charge in [-0.05, 0) is 30.5 Å². The fourth-order valence-corrected chi connectivity index (χ4v) is 3.80. The number of para-hydroxylation sites is 1. The van der Waals surface area contributed by atoms with Crippen molar-refractivity contribution in [1.29, 1.82) is 0 Å². The van der Waals surface area contributed by atoms with E-state index in [1.807, 2.05) is 48.5 Å². The van der Waals surface area contributed by atoms with Crippen LogP contribution < -0.4 is 0 Å². The van der Waals surface area contributed by atoms with Crippen molar-refractivity contribution >= 4 is 27.5 Å². The molecule has 0 bridgehead atoms. The number of fused-ring (bicyclic) bond motifs is 1. The van der Waals surface area contributed by atoms with E-state index in [0.29, 0.717) is 12.8 Å². The summed E-state index contributed by atoms with van der Waals surface area (Å²) in [6.07, 6.45) is 1.43. The smallest absolute Gasteiger partial charge is 0.314 e. The van der Waals surface area contributed by atoms with Crippen LogP contribution in [0.3, 0.4) is 0 Å². The van der Waals surface area contributed by atoms with E-state index in [-0.39, 0.29) is 0 Å². The summed E-state index contributed by atoms with van der Waals surface area (Å²) in [6, 6.07) is 15.8. The fraction of sp³-hybridized carbons (Fsp3) is 0.176. The maximum Gasteiger partial charge on any atom is 0.314 e. The van der Waals surface area contributed by atoms with Gasteiger partial charge in [-0.15, -0.1) is 11.3 Å². The average Bonchev–Trinajstić information content (AvgIpc) is 3.21. The van der Waals surface area contributed by atoms with Crippen LogP contribution in [0.4, 0.5) is 0 Å². The molecule has 0 saturated heterocycles. The summed E-state index contributed by atoms with van der Waals surface area (Å²) in [5, 5.41) is 10.5. The lowest BCUT2D eigenvalue weighted by molar-refractivity contribution is -0.140. The van der Waals surface area contributed by atoms with E-state index in [2.05, 4.69) is 4.98 Å². The van der Waals surface area contributed by atoms with E-state index in [9.17, 15) is 9.90 Å². The summed E-state index contributed by atoms with van der Waals surface area (Å²) in [4.78, 5) is 16.3. The molecule has 1 aliphatic carbocycles. The van der Waals surface area contributed by atoms with Crippen LogP contribution >= 0.6 is 11.3 Å². The van der Waals surface area contributed by atoms with Crippen LogP contribution in [-0.4, -0.2) is 16.1 Å². The average molecular weight is 295 g/mol. The second kappa shape index (κ2) is 4.40. The molecule has 0 amide bonds. The van der Waals surface area contributed by atoms with Crippen molar-refractivity contribution in [1.82, 2.24) is 4.98 Å². The molecule has 21 heavy (non-hydrogen) atoms. The molecule has 1 aromatic heterocycles. The molecule has 3 aromatic rings. The maximum atomic E-state index is 11.6. The van der Waals surface area contributed by atoms with Crippen LogP contribution in [0.1, 0.15) is 18.4 Å². The lowest BCUT2D eigenvalue weighted by Crippen LogP contribution is -2.20. The number of thiazole rings is 1. The molecule has 104 valence electrons. The van der Waals surface area contributed by atoms with Gasteiger partial charge >= 0.3 is 5.97 Å². The first kappa shape index (κ1) is 12.5. The van der Waals surface area contributed by atoms with Gasteiger partial charge in [-0.3, -0.25) is 4.79 Å².